The van der Waals surface area contributed by atoms with Crippen molar-refractivity contribution in [2.45, 2.75) is 64.1 Å². The van der Waals surface area contributed by atoms with Crippen molar-refractivity contribution in [3.05, 3.63) is 53.1 Å². The maximum Gasteiger partial charge on any atom is 0.303 e. The van der Waals surface area contributed by atoms with E-state index in [0.717, 1.165) is 56.9 Å². The number of aromatic nitrogens is 3. The van der Waals surface area contributed by atoms with Crippen LogP contribution in [0.3, 0.4) is 0 Å². The highest BCUT2D eigenvalue weighted by Crippen LogP contribution is 2.41. The number of nitrogens with one attached hydrogen (secondary N) is 1. The van der Waals surface area contributed by atoms with Crippen molar-refractivity contribution in [1.82, 2.24) is 20.1 Å². The monoisotopic (exact) mass is 516 g/mol. The summed E-state index contributed by atoms with van der Waals surface area (Å²) in [6.45, 7) is 7.21. The van der Waals surface area contributed by atoms with Gasteiger partial charge in [-0.15, -0.1) is 5.10 Å². The Bertz CT molecular complexity index is 1270. The van der Waals surface area contributed by atoms with Crippen molar-refractivity contribution in [1.29, 1.82) is 0 Å². The van der Waals surface area contributed by atoms with Gasteiger partial charge in [0, 0.05) is 30.1 Å². The van der Waals surface area contributed by atoms with E-state index in [1.165, 1.54) is 12.1 Å². The van der Waals surface area contributed by atoms with Gasteiger partial charge in [-0.2, -0.15) is 13.9 Å². The number of rotatable bonds is 7. The van der Waals surface area contributed by atoms with Gasteiger partial charge in [0.2, 0.25) is 0 Å². The maximum absolute atomic E-state index is 15.3. The Balaban J connectivity index is 1.65. The lowest BCUT2D eigenvalue weighted by molar-refractivity contribution is -0.170. The first-order valence-corrected chi connectivity index (χ1v) is 12.5. The molecule has 3 aromatic rings. The molecule has 7 nitrogen and oxygen atoms in total. The Kier molecular flexibility index (Phi) is 7.36. The molecule has 0 radical (unpaired) electrons. The van der Waals surface area contributed by atoms with Gasteiger partial charge in [0.25, 0.3) is 0 Å². The molecular weight excluding hydrogens is 481 g/mol. The largest absolute Gasteiger partial charge is 0.384 e. The highest BCUT2D eigenvalue weighted by Gasteiger charge is 2.49. The summed E-state index contributed by atoms with van der Waals surface area (Å²) in [4.78, 5) is 9.19. The summed E-state index contributed by atoms with van der Waals surface area (Å²) in [5.74, 6) is -4.45. The third-order valence-corrected chi connectivity index (χ3v) is 7.29. The standard InChI is InChI=1S/C27H35F3N6O/c1-16(20-8-7-9-22(23(20)28)27(29,30)26(3,4)37)32-25-21-14-19(15-31-24(21)17(2)33-34-25)36-12-10-18(11-13-36)35(5)6/h7-9,14-16,18,37H,10-13H2,1-6H3,(H,32,34). The van der Waals surface area contributed by atoms with E-state index in [-0.39, 0.29) is 5.56 Å². The molecule has 200 valence electrons. The first-order valence-electron chi connectivity index (χ1n) is 12.5. The van der Waals surface area contributed by atoms with Crippen LogP contribution in [0.15, 0.2) is 30.5 Å². The minimum Gasteiger partial charge on any atom is -0.384 e. The lowest BCUT2D eigenvalue weighted by atomic mass is 9.91. The Morgan fingerprint density at radius 3 is 2.46 bits per heavy atom. The Morgan fingerprint density at radius 1 is 1.16 bits per heavy atom. The molecule has 37 heavy (non-hydrogen) atoms. The zero-order valence-electron chi connectivity index (χ0n) is 22.2. The summed E-state index contributed by atoms with van der Waals surface area (Å²) in [7, 11) is 4.20. The third-order valence-electron chi connectivity index (χ3n) is 7.29. The van der Waals surface area contributed by atoms with Crippen molar-refractivity contribution in [3.8, 4) is 0 Å². The first kappa shape index (κ1) is 27.1. The molecule has 1 unspecified atom stereocenters. The number of halogens is 3. The van der Waals surface area contributed by atoms with Gasteiger partial charge in [-0.25, -0.2) is 4.39 Å². The van der Waals surface area contributed by atoms with Crippen LogP contribution in [0.5, 0.6) is 0 Å². The topological polar surface area (TPSA) is 77.4 Å². The summed E-state index contributed by atoms with van der Waals surface area (Å²) < 4.78 is 44.9. The van der Waals surface area contributed by atoms with Crippen LogP contribution in [0.25, 0.3) is 10.9 Å². The number of fused-ring (bicyclic) bond motifs is 1. The number of aliphatic hydroxyl groups is 1. The molecular formula is C27H35F3N6O. The lowest BCUT2D eigenvalue weighted by Gasteiger charge is -2.36. The van der Waals surface area contributed by atoms with E-state index >= 15 is 4.39 Å². The smallest absolute Gasteiger partial charge is 0.303 e. The van der Waals surface area contributed by atoms with Crippen molar-refractivity contribution in [2.75, 3.05) is 37.4 Å². The zero-order valence-corrected chi connectivity index (χ0v) is 22.2. The second-order valence-electron chi connectivity index (χ2n) is 10.6. The summed E-state index contributed by atoms with van der Waals surface area (Å²) in [6.07, 6.45) is 3.93. The second kappa shape index (κ2) is 10.1. The number of alkyl halides is 2. The van der Waals surface area contributed by atoms with Crippen molar-refractivity contribution < 1.29 is 18.3 Å². The Labute approximate surface area is 215 Å². The molecule has 0 spiro atoms. The molecule has 1 aliphatic rings. The molecule has 0 aliphatic carbocycles. The summed E-state index contributed by atoms with van der Waals surface area (Å²) in [5.41, 5.74) is -0.956. The van der Waals surface area contributed by atoms with Crippen LogP contribution in [0.4, 0.5) is 24.7 Å². The minimum atomic E-state index is -3.78. The molecule has 1 atom stereocenters. The molecule has 4 rings (SSSR count). The van der Waals surface area contributed by atoms with Crippen LogP contribution in [0, 0.1) is 12.7 Å². The summed E-state index contributed by atoms with van der Waals surface area (Å²) >= 11 is 0. The van der Waals surface area contributed by atoms with E-state index < -0.39 is 28.9 Å². The zero-order chi connectivity index (χ0) is 27.1. The van der Waals surface area contributed by atoms with Gasteiger partial charge in [-0.3, -0.25) is 4.98 Å². The molecule has 0 amide bonds. The second-order valence-corrected chi connectivity index (χ2v) is 10.6. The van der Waals surface area contributed by atoms with Crippen molar-refractivity contribution in [2.24, 2.45) is 0 Å². The fraction of sp³-hybridized carbons (Fsp3) is 0.519. The average molecular weight is 517 g/mol. The van der Waals surface area contributed by atoms with Crippen LogP contribution in [0.1, 0.15) is 56.5 Å². The van der Waals surface area contributed by atoms with Gasteiger partial charge in [-0.05, 0) is 66.8 Å². The third kappa shape index (κ3) is 5.22. The predicted molar refractivity (Wildman–Crippen MR) is 140 cm³/mol. The van der Waals surface area contributed by atoms with Crippen LogP contribution >= 0.6 is 0 Å². The highest BCUT2D eigenvalue weighted by molar-refractivity contribution is 5.92. The molecule has 1 saturated heterocycles. The van der Waals surface area contributed by atoms with Crippen LogP contribution in [0.2, 0.25) is 0 Å². The number of anilines is 2. The number of piperidine rings is 1. The number of aryl methyl sites for hydroxylation is 1. The normalized spacial score (nSPS) is 16.5. The van der Waals surface area contributed by atoms with Crippen molar-refractivity contribution in [3.63, 3.8) is 0 Å². The number of hydrogen-bond acceptors (Lipinski definition) is 7. The Hall–Kier alpha value is -2.98. The molecule has 0 saturated carbocycles. The van der Waals surface area contributed by atoms with E-state index in [1.807, 2.05) is 19.2 Å². The molecule has 1 aliphatic heterocycles. The van der Waals surface area contributed by atoms with Crippen LogP contribution in [-0.2, 0) is 5.92 Å². The predicted octanol–water partition coefficient (Wildman–Crippen LogP) is 5.04. The number of pyridine rings is 1. The molecule has 10 heteroatoms. The molecule has 2 N–H and O–H groups in total. The number of benzene rings is 1. The van der Waals surface area contributed by atoms with Gasteiger partial charge in [0.15, 0.2) is 5.82 Å². The van der Waals surface area contributed by atoms with Gasteiger partial charge in [0.1, 0.15) is 11.4 Å². The SMILES string of the molecule is Cc1nnc(NC(C)c2cccc(C(F)(F)C(C)(C)O)c2F)c2cc(N3CCC(N(C)C)CC3)cnc12. The lowest BCUT2D eigenvalue weighted by Crippen LogP contribution is -2.42. The average Bonchev–Trinajstić information content (AvgIpc) is 2.85. The van der Waals surface area contributed by atoms with Crippen molar-refractivity contribution >= 4 is 22.4 Å². The van der Waals surface area contributed by atoms with Gasteiger partial charge in [-0.1, -0.05) is 12.1 Å². The minimum absolute atomic E-state index is 0.0341. The van der Waals surface area contributed by atoms with E-state index in [0.29, 0.717) is 23.1 Å². The molecule has 1 aromatic carbocycles. The van der Waals surface area contributed by atoms with E-state index in [2.05, 4.69) is 44.4 Å². The molecule has 1 fully saturated rings. The van der Waals surface area contributed by atoms with Gasteiger partial charge >= 0.3 is 5.92 Å². The Morgan fingerprint density at radius 2 is 1.84 bits per heavy atom. The molecule has 2 aromatic heterocycles. The first-order chi connectivity index (χ1) is 17.3. The summed E-state index contributed by atoms with van der Waals surface area (Å²) in [5, 5.41) is 22.3. The fourth-order valence-corrected chi connectivity index (χ4v) is 4.81. The quantitative estimate of drug-likeness (QED) is 0.456. The van der Waals surface area contributed by atoms with E-state index in [1.54, 1.807) is 6.92 Å². The summed E-state index contributed by atoms with van der Waals surface area (Å²) in [6, 6.07) is 5.65. The van der Waals surface area contributed by atoms with Gasteiger partial charge in [0.05, 0.1) is 34.7 Å². The van der Waals surface area contributed by atoms with Gasteiger partial charge < -0.3 is 20.2 Å². The van der Waals surface area contributed by atoms with E-state index in [9.17, 15) is 13.9 Å². The van der Waals surface area contributed by atoms with E-state index in [4.69, 9.17) is 0 Å². The van der Waals surface area contributed by atoms with Crippen LogP contribution < -0.4 is 10.2 Å². The van der Waals surface area contributed by atoms with Crippen LogP contribution in [-0.4, -0.2) is 64.0 Å². The molecule has 0 bridgehead atoms. The maximum atomic E-state index is 15.3. The highest BCUT2D eigenvalue weighted by atomic mass is 19.3. The number of hydrogen-bond donors (Lipinski definition) is 2. The number of nitrogens with zero attached hydrogens (tertiary/aromatic N) is 5. The fourth-order valence-electron chi connectivity index (χ4n) is 4.81. The molecule has 3 heterocycles.